The third kappa shape index (κ3) is 62.5. The van der Waals surface area contributed by atoms with Crippen LogP contribution < -0.4 is 5.32 Å². The number of nitrogens with one attached hydrogen (secondary N) is 1. The molecule has 0 rings (SSSR count). The van der Waals surface area contributed by atoms with Crippen molar-refractivity contribution < 1.29 is 37.3 Å². The normalized spacial score (nSPS) is 14.4. The van der Waals surface area contributed by atoms with Crippen molar-refractivity contribution in [1.82, 2.24) is 5.32 Å². The maximum Gasteiger partial charge on any atom is 0.472 e. The van der Waals surface area contributed by atoms with E-state index in [-0.39, 0.29) is 31.5 Å². The highest BCUT2D eigenvalue weighted by atomic mass is 31.2. The van der Waals surface area contributed by atoms with Gasteiger partial charge in [-0.3, -0.25) is 18.6 Å². The summed E-state index contributed by atoms with van der Waals surface area (Å²) in [6.07, 6.45) is 87.3. The van der Waals surface area contributed by atoms with E-state index in [1.807, 2.05) is 33.3 Å². The second-order valence-electron chi connectivity index (χ2n) is 23.2. The smallest absolute Gasteiger partial charge is 0.456 e. The number of hydrogen-bond acceptors (Lipinski definition) is 6. The topological polar surface area (TPSA) is 111 Å². The standard InChI is InChI=1S/C73H125N2O7P/c1-7-10-13-16-19-22-25-28-30-32-34-36-37-39-40-42-44-47-50-53-56-59-62-65-72(76)74-70(69-81-83(78,79)80-68-67-75(4,5)6)71(64-61-58-55-52-49-46-27-24-21-18-15-12-9-3)82-73(77)66-63-60-57-54-51-48-45-43-41-38-35-33-31-29-26-23-20-17-14-11-8-2/h10-11,13-14,19-20,22-23,28-31,34-36,38-40,43,45,61,64,70-71H,7-9,12,15-18,21,24-27,32-33,37,41-42,44,46-60,62-63,65-69H2,1-6H3,(H-,74,76,78,79)/p+1/b13-10-,14-11-,22-19-,23-20-,30-28-,31-29-,36-34-,38-35-,40-39-,45-43-,64-61+. The lowest BCUT2D eigenvalue weighted by Gasteiger charge is -2.27. The second-order valence-corrected chi connectivity index (χ2v) is 24.7. The Balaban J connectivity index is 5.27. The molecule has 0 saturated carbocycles. The van der Waals surface area contributed by atoms with Crippen LogP contribution in [0, 0.1) is 0 Å². The zero-order valence-corrected chi connectivity index (χ0v) is 55.0. The van der Waals surface area contributed by atoms with Crippen LogP contribution in [0.2, 0.25) is 0 Å². The molecule has 0 aliphatic rings. The summed E-state index contributed by atoms with van der Waals surface area (Å²) < 4.78 is 30.8. The number of carbonyl (C=O) groups excluding carboxylic acids is 2. The van der Waals surface area contributed by atoms with Crippen molar-refractivity contribution in [3.63, 3.8) is 0 Å². The Bertz CT molecular complexity index is 1880. The first-order valence-electron chi connectivity index (χ1n) is 33.5. The van der Waals surface area contributed by atoms with Crippen LogP contribution in [-0.4, -0.2) is 74.3 Å². The maximum atomic E-state index is 13.6. The number of carbonyl (C=O) groups is 2. The first-order valence-corrected chi connectivity index (χ1v) is 35.0. The number of phosphoric ester groups is 1. The van der Waals surface area contributed by atoms with Gasteiger partial charge in [-0.05, 0) is 122 Å². The van der Waals surface area contributed by atoms with Crippen LogP contribution in [0.3, 0.4) is 0 Å². The van der Waals surface area contributed by atoms with Crippen LogP contribution >= 0.6 is 7.82 Å². The molecule has 10 heteroatoms. The quantitative estimate of drug-likeness (QED) is 0.0205. The number of likely N-dealkylation sites (N-methyl/N-ethyl adjacent to an activating group) is 1. The molecular weight excluding hydrogens is 1050 g/mol. The molecule has 9 nitrogen and oxygen atoms in total. The molecule has 3 atom stereocenters. The minimum atomic E-state index is -4.47. The summed E-state index contributed by atoms with van der Waals surface area (Å²) in [6.45, 7) is 6.76. The van der Waals surface area contributed by atoms with Crippen molar-refractivity contribution in [3.05, 3.63) is 134 Å². The molecule has 0 aliphatic carbocycles. The highest BCUT2D eigenvalue weighted by Gasteiger charge is 2.30. The molecule has 474 valence electrons. The molecule has 3 unspecified atom stereocenters. The fourth-order valence-electron chi connectivity index (χ4n) is 8.99. The first-order chi connectivity index (χ1) is 40.4. The van der Waals surface area contributed by atoms with E-state index in [0.29, 0.717) is 23.9 Å². The molecule has 0 aromatic heterocycles. The summed E-state index contributed by atoms with van der Waals surface area (Å²) in [7, 11) is 1.46. The van der Waals surface area contributed by atoms with Crippen LogP contribution in [0.25, 0.3) is 0 Å². The van der Waals surface area contributed by atoms with E-state index in [1.54, 1.807) is 0 Å². The second kappa shape index (κ2) is 61.2. The van der Waals surface area contributed by atoms with Gasteiger partial charge < -0.3 is 19.4 Å². The lowest BCUT2D eigenvalue weighted by Crippen LogP contribution is -2.47. The van der Waals surface area contributed by atoms with E-state index in [1.165, 1.54) is 77.0 Å². The van der Waals surface area contributed by atoms with Gasteiger partial charge in [0, 0.05) is 12.8 Å². The van der Waals surface area contributed by atoms with E-state index < -0.39 is 20.0 Å². The molecule has 0 aliphatic heterocycles. The average Bonchev–Trinajstić information content (AvgIpc) is 3.46. The summed E-state index contributed by atoms with van der Waals surface area (Å²) in [4.78, 5) is 37.9. The Morgan fingerprint density at radius 2 is 0.771 bits per heavy atom. The first kappa shape index (κ1) is 79.2. The van der Waals surface area contributed by atoms with E-state index in [9.17, 15) is 19.0 Å². The van der Waals surface area contributed by atoms with Crippen molar-refractivity contribution in [1.29, 1.82) is 0 Å². The number of esters is 1. The van der Waals surface area contributed by atoms with Gasteiger partial charge in [-0.2, -0.15) is 0 Å². The Morgan fingerprint density at radius 3 is 1.16 bits per heavy atom. The minimum Gasteiger partial charge on any atom is -0.456 e. The van der Waals surface area contributed by atoms with E-state index in [2.05, 4.69) is 148 Å². The summed E-state index contributed by atoms with van der Waals surface area (Å²) in [6, 6.07) is -0.874. The van der Waals surface area contributed by atoms with Gasteiger partial charge in [-0.25, -0.2) is 4.57 Å². The molecule has 0 heterocycles. The van der Waals surface area contributed by atoms with Crippen molar-refractivity contribution in [3.8, 4) is 0 Å². The Labute approximate surface area is 511 Å². The number of nitrogens with zero attached hydrogens (tertiary/aromatic N) is 1. The van der Waals surface area contributed by atoms with Crippen LogP contribution in [-0.2, 0) is 27.9 Å². The van der Waals surface area contributed by atoms with Crippen LogP contribution in [0.1, 0.15) is 265 Å². The molecule has 1 amide bonds. The summed E-state index contributed by atoms with van der Waals surface area (Å²) >= 11 is 0. The Morgan fingerprint density at radius 1 is 0.434 bits per heavy atom. The fourth-order valence-corrected chi connectivity index (χ4v) is 9.73. The van der Waals surface area contributed by atoms with Gasteiger partial charge in [-0.1, -0.05) is 264 Å². The molecule has 0 saturated heterocycles. The van der Waals surface area contributed by atoms with Crippen molar-refractivity contribution >= 4 is 19.7 Å². The minimum absolute atomic E-state index is 0.0270. The lowest BCUT2D eigenvalue weighted by molar-refractivity contribution is -0.870. The van der Waals surface area contributed by atoms with Gasteiger partial charge in [0.05, 0.1) is 33.8 Å². The summed E-state index contributed by atoms with van der Waals surface area (Å²) in [5, 5.41) is 3.05. The van der Waals surface area contributed by atoms with Crippen molar-refractivity contribution in [2.45, 2.75) is 277 Å². The van der Waals surface area contributed by atoms with Gasteiger partial charge in [0.25, 0.3) is 0 Å². The third-order valence-corrected chi connectivity index (χ3v) is 15.1. The summed E-state index contributed by atoms with van der Waals surface area (Å²) in [5.74, 6) is -0.546. The van der Waals surface area contributed by atoms with E-state index in [0.717, 1.165) is 148 Å². The van der Waals surface area contributed by atoms with Crippen molar-refractivity contribution in [2.75, 3.05) is 40.9 Å². The van der Waals surface area contributed by atoms with Crippen molar-refractivity contribution in [2.24, 2.45) is 0 Å². The van der Waals surface area contributed by atoms with E-state index in [4.69, 9.17) is 13.8 Å². The Hall–Kier alpha value is -3.85. The van der Waals surface area contributed by atoms with Gasteiger partial charge >= 0.3 is 13.8 Å². The predicted molar refractivity (Wildman–Crippen MR) is 359 cm³/mol. The molecule has 83 heavy (non-hydrogen) atoms. The number of allylic oxidation sites excluding steroid dienone is 21. The number of ether oxygens (including phenoxy) is 1. The molecule has 0 aromatic rings. The van der Waals surface area contributed by atoms with Gasteiger partial charge in [0.1, 0.15) is 19.3 Å². The van der Waals surface area contributed by atoms with Gasteiger partial charge in [0.15, 0.2) is 0 Å². The third-order valence-electron chi connectivity index (χ3n) is 14.1. The highest BCUT2D eigenvalue weighted by Crippen LogP contribution is 2.43. The molecule has 0 radical (unpaired) electrons. The molecule has 2 N–H and O–H groups in total. The number of rotatable bonds is 59. The molecule has 0 spiro atoms. The maximum absolute atomic E-state index is 13.6. The van der Waals surface area contributed by atoms with Crippen LogP contribution in [0.5, 0.6) is 0 Å². The monoisotopic (exact) mass is 1170 g/mol. The van der Waals surface area contributed by atoms with E-state index >= 15 is 0 Å². The van der Waals surface area contributed by atoms with Crippen LogP contribution in [0.4, 0.5) is 0 Å². The Kier molecular flexibility index (Phi) is 58.4. The molecule has 0 bridgehead atoms. The number of unbranched alkanes of at least 4 members (excludes halogenated alkanes) is 23. The zero-order chi connectivity index (χ0) is 60.7. The largest absolute Gasteiger partial charge is 0.472 e. The molecule has 0 fully saturated rings. The molecule has 0 aromatic carbocycles. The number of amides is 1. The van der Waals surface area contributed by atoms with Gasteiger partial charge in [0.2, 0.25) is 5.91 Å². The number of phosphoric acid groups is 1. The SMILES string of the molecule is CC/C=C\C/C=C\C/C=C\C/C=C\C/C=C\CCCCCCCCCC(=O)NC(COP(=O)(O)OCC[N+](C)(C)C)C(/C=C/CCCCCCCCCCCCC)OC(=O)CCCCCCC/C=C\C/C=C\C/C=C\C/C=C\C/C=C\CC. The fraction of sp³-hybridized carbons (Fsp3) is 0.671. The lowest BCUT2D eigenvalue weighted by atomic mass is 10.0. The van der Waals surface area contributed by atoms with Gasteiger partial charge in [-0.15, -0.1) is 0 Å². The zero-order valence-electron chi connectivity index (χ0n) is 54.1. The van der Waals surface area contributed by atoms with Crippen LogP contribution in [0.15, 0.2) is 134 Å². The highest BCUT2D eigenvalue weighted by molar-refractivity contribution is 7.47. The molecular formula is C73H126N2O7P+. The predicted octanol–water partition coefficient (Wildman–Crippen LogP) is 21.2. The number of quaternary nitrogens is 1. The summed E-state index contributed by atoms with van der Waals surface area (Å²) in [5.41, 5.74) is 0. The number of hydrogen-bond donors (Lipinski definition) is 2. The average molecular weight is 1170 g/mol.